The van der Waals surface area contributed by atoms with Crippen molar-refractivity contribution < 1.29 is 13.2 Å². The lowest BCUT2D eigenvalue weighted by atomic mass is 10.2. The Bertz CT molecular complexity index is 1040. The SMILES string of the molecule is CC(=O)c1cccc(S(=O)(=O)N2CCN(c3cc(N4CCN(C)CC4)ncn3)CC2)c1. The monoisotopic (exact) mass is 444 g/mol. The number of likely N-dealkylation sites (N-methyl/N-ethyl adjacent to an activating group) is 1. The molecule has 1 aromatic heterocycles. The van der Waals surface area contributed by atoms with E-state index < -0.39 is 10.0 Å². The molecule has 10 heteroatoms. The van der Waals surface area contributed by atoms with Crippen LogP contribution in [-0.2, 0) is 10.0 Å². The molecule has 9 nitrogen and oxygen atoms in total. The van der Waals surface area contributed by atoms with E-state index in [9.17, 15) is 13.2 Å². The highest BCUT2D eigenvalue weighted by Crippen LogP contribution is 2.23. The van der Waals surface area contributed by atoms with E-state index >= 15 is 0 Å². The van der Waals surface area contributed by atoms with E-state index in [1.807, 2.05) is 6.07 Å². The highest BCUT2D eigenvalue weighted by atomic mass is 32.2. The second-order valence-electron chi connectivity index (χ2n) is 8.00. The third-order valence-electron chi connectivity index (χ3n) is 5.91. The molecule has 1 aromatic carbocycles. The average Bonchev–Trinajstić information content (AvgIpc) is 2.80. The number of nitrogens with zero attached hydrogens (tertiary/aromatic N) is 6. The molecule has 0 amide bonds. The first kappa shape index (κ1) is 21.7. The van der Waals surface area contributed by atoms with Crippen molar-refractivity contribution >= 4 is 27.4 Å². The van der Waals surface area contributed by atoms with E-state index in [0.29, 0.717) is 31.7 Å². The highest BCUT2D eigenvalue weighted by Gasteiger charge is 2.29. The van der Waals surface area contributed by atoms with E-state index in [4.69, 9.17) is 0 Å². The van der Waals surface area contributed by atoms with Gasteiger partial charge in [-0.05, 0) is 26.1 Å². The van der Waals surface area contributed by atoms with Gasteiger partial charge in [0.2, 0.25) is 10.0 Å². The molecule has 2 fully saturated rings. The molecule has 2 aromatic rings. The van der Waals surface area contributed by atoms with Gasteiger partial charge in [0.05, 0.1) is 4.90 Å². The van der Waals surface area contributed by atoms with Crippen molar-refractivity contribution in [3.05, 3.63) is 42.2 Å². The fraction of sp³-hybridized carbons (Fsp3) is 0.476. The molecule has 0 saturated carbocycles. The molecule has 0 radical (unpaired) electrons. The number of sulfonamides is 1. The van der Waals surface area contributed by atoms with Crippen LogP contribution in [0.5, 0.6) is 0 Å². The molecule has 0 unspecified atom stereocenters. The Balaban J connectivity index is 1.43. The smallest absolute Gasteiger partial charge is 0.243 e. The number of ketones is 1. The Hall–Kier alpha value is -2.56. The van der Waals surface area contributed by atoms with Gasteiger partial charge in [0.1, 0.15) is 18.0 Å². The van der Waals surface area contributed by atoms with Gasteiger partial charge in [-0.1, -0.05) is 12.1 Å². The molecule has 0 bridgehead atoms. The summed E-state index contributed by atoms with van der Waals surface area (Å²) in [6.07, 6.45) is 1.58. The van der Waals surface area contributed by atoms with E-state index in [-0.39, 0.29) is 10.7 Å². The standard InChI is InChI=1S/C21H28N6O3S/c1-17(28)18-4-3-5-19(14-18)31(29,30)27-12-10-26(11-13-27)21-15-20(22-16-23-21)25-8-6-24(2)7-9-25/h3-5,14-16H,6-13H2,1-2H3. The van der Waals surface area contributed by atoms with Crippen LogP contribution in [0.3, 0.4) is 0 Å². The summed E-state index contributed by atoms with van der Waals surface area (Å²) in [6.45, 7) is 7.11. The largest absolute Gasteiger partial charge is 0.354 e. The van der Waals surface area contributed by atoms with Gasteiger partial charge < -0.3 is 14.7 Å². The van der Waals surface area contributed by atoms with Crippen molar-refractivity contribution in [2.75, 3.05) is 69.2 Å². The third-order valence-corrected chi connectivity index (χ3v) is 7.80. The zero-order valence-electron chi connectivity index (χ0n) is 17.9. The number of carbonyl (C=O) groups excluding carboxylic acids is 1. The van der Waals surface area contributed by atoms with Crippen molar-refractivity contribution in [1.82, 2.24) is 19.2 Å². The minimum atomic E-state index is -3.65. The molecular weight excluding hydrogens is 416 g/mol. The number of anilines is 2. The number of aromatic nitrogens is 2. The molecule has 4 rings (SSSR count). The lowest BCUT2D eigenvalue weighted by Crippen LogP contribution is -2.49. The van der Waals surface area contributed by atoms with Gasteiger partial charge in [0, 0.05) is 64.0 Å². The first-order chi connectivity index (χ1) is 14.8. The molecule has 0 atom stereocenters. The molecule has 2 saturated heterocycles. The highest BCUT2D eigenvalue weighted by molar-refractivity contribution is 7.89. The maximum Gasteiger partial charge on any atom is 0.243 e. The second kappa shape index (κ2) is 8.89. The van der Waals surface area contributed by atoms with Crippen molar-refractivity contribution in [2.45, 2.75) is 11.8 Å². The first-order valence-corrected chi connectivity index (χ1v) is 11.9. The van der Waals surface area contributed by atoms with Crippen LogP contribution in [0.4, 0.5) is 11.6 Å². The quantitative estimate of drug-likeness (QED) is 0.630. The minimum absolute atomic E-state index is 0.151. The summed E-state index contributed by atoms with van der Waals surface area (Å²) in [7, 11) is -1.53. The number of carbonyl (C=O) groups is 1. The van der Waals surface area contributed by atoms with E-state index in [2.05, 4.69) is 31.7 Å². The van der Waals surface area contributed by atoms with Crippen molar-refractivity contribution in [1.29, 1.82) is 0 Å². The predicted octanol–water partition coefficient (Wildman–Crippen LogP) is 0.942. The molecule has 3 heterocycles. The zero-order valence-corrected chi connectivity index (χ0v) is 18.8. The third kappa shape index (κ3) is 4.70. The van der Waals surface area contributed by atoms with Crippen LogP contribution in [0.25, 0.3) is 0 Å². The Kier molecular flexibility index (Phi) is 6.22. The van der Waals surface area contributed by atoms with Crippen LogP contribution >= 0.6 is 0 Å². The Morgan fingerprint density at radius 3 is 2.03 bits per heavy atom. The van der Waals surface area contributed by atoms with E-state index in [1.54, 1.807) is 24.5 Å². The van der Waals surface area contributed by atoms with Crippen molar-refractivity contribution in [3.63, 3.8) is 0 Å². The summed E-state index contributed by atoms with van der Waals surface area (Å²) in [5.74, 6) is 1.58. The Morgan fingerprint density at radius 1 is 0.871 bits per heavy atom. The first-order valence-electron chi connectivity index (χ1n) is 10.5. The summed E-state index contributed by atoms with van der Waals surface area (Å²) in [6, 6.07) is 8.23. The predicted molar refractivity (Wildman–Crippen MR) is 119 cm³/mol. The molecule has 0 aliphatic carbocycles. The van der Waals surface area contributed by atoms with Gasteiger partial charge in [0.25, 0.3) is 0 Å². The molecule has 2 aliphatic rings. The second-order valence-corrected chi connectivity index (χ2v) is 9.94. The molecular formula is C21H28N6O3S. The number of Topliss-reactive ketones (excluding diaryl/α,β-unsaturated/α-hetero) is 1. The topological polar surface area (TPSA) is 90.0 Å². The van der Waals surface area contributed by atoms with Gasteiger partial charge in [0.15, 0.2) is 5.78 Å². The summed E-state index contributed by atoms with van der Waals surface area (Å²) in [4.78, 5) is 27.3. The van der Waals surface area contributed by atoms with Crippen LogP contribution in [0, 0.1) is 0 Å². The Labute approximate surface area is 183 Å². The number of hydrogen-bond acceptors (Lipinski definition) is 8. The molecule has 0 N–H and O–H groups in total. The van der Waals surface area contributed by atoms with E-state index in [1.165, 1.54) is 17.3 Å². The number of rotatable bonds is 5. The van der Waals surface area contributed by atoms with Crippen molar-refractivity contribution in [3.8, 4) is 0 Å². The summed E-state index contributed by atoms with van der Waals surface area (Å²) >= 11 is 0. The van der Waals surface area contributed by atoms with Crippen LogP contribution < -0.4 is 9.80 Å². The van der Waals surface area contributed by atoms with Crippen LogP contribution in [0.15, 0.2) is 41.6 Å². The lowest BCUT2D eigenvalue weighted by molar-refractivity contribution is 0.101. The maximum absolute atomic E-state index is 13.1. The summed E-state index contributed by atoms with van der Waals surface area (Å²) in [5, 5.41) is 0. The van der Waals surface area contributed by atoms with Crippen molar-refractivity contribution in [2.24, 2.45) is 0 Å². The van der Waals surface area contributed by atoms with Gasteiger partial charge in [-0.2, -0.15) is 4.31 Å². The van der Waals surface area contributed by atoms with Gasteiger partial charge in [-0.15, -0.1) is 0 Å². The fourth-order valence-corrected chi connectivity index (χ4v) is 5.37. The number of benzene rings is 1. The molecule has 2 aliphatic heterocycles. The fourth-order valence-electron chi connectivity index (χ4n) is 3.90. The van der Waals surface area contributed by atoms with Crippen LogP contribution in [-0.4, -0.2) is 92.8 Å². The number of hydrogen-bond donors (Lipinski definition) is 0. The maximum atomic E-state index is 13.1. The Morgan fingerprint density at radius 2 is 1.45 bits per heavy atom. The average molecular weight is 445 g/mol. The van der Waals surface area contributed by atoms with Crippen LogP contribution in [0.1, 0.15) is 17.3 Å². The van der Waals surface area contributed by atoms with Gasteiger partial charge in [-0.25, -0.2) is 18.4 Å². The molecule has 31 heavy (non-hydrogen) atoms. The van der Waals surface area contributed by atoms with Gasteiger partial charge in [-0.3, -0.25) is 4.79 Å². The normalized spacial score (nSPS) is 18.9. The van der Waals surface area contributed by atoms with Crippen LogP contribution in [0.2, 0.25) is 0 Å². The molecule has 0 spiro atoms. The minimum Gasteiger partial charge on any atom is -0.354 e. The summed E-state index contributed by atoms with van der Waals surface area (Å²) in [5.41, 5.74) is 0.400. The molecule has 166 valence electrons. The zero-order chi connectivity index (χ0) is 22.0. The van der Waals surface area contributed by atoms with E-state index in [0.717, 1.165) is 37.8 Å². The number of piperazine rings is 2. The lowest BCUT2D eigenvalue weighted by Gasteiger charge is -2.36. The summed E-state index contributed by atoms with van der Waals surface area (Å²) < 4.78 is 27.6. The van der Waals surface area contributed by atoms with Gasteiger partial charge >= 0.3 is 0 Å².